The van der Waals surface area contributed by atoms with E-state index in [1.165, 1.54) is 0 Å². The van der Waals surface area contributed by atoms with Gasteiger partial charge >= 0.3 is 0 Å². The Kier molecular flexibility index (Phi) is 5.95. The van der Waals surface area contributed by atoms with Gasteiger partial charge in [0.25, 0.3) is 5.91 Å². The molecule has 1 atom stereocenters. The van der Waals surface area contributed by atoms with Crippen LogP contribution in [0, 0.1) is 20.8 Å². The average molecular weight is 425 g/mol. The third-order valence-electron chi connectivity index (χ3n) is 6.12. The molecule has 3 aromatic rings. The smallest absolute Gasteiger partial charge is 0.254 e. The molecule has 2 amide bonds. The molecule has 0 N–H and O–H groups in total. The van der Waals surface area contributed by atoms with Crippen LogP contribution in [0.1, 0.15) is 29.2 Å². The summed E-state index contributed by atoms with van der Waals surface area (Å²) in [7, 11) is 0. The fraction of sp³-hybridized carbons (Fsp3) is 0.214. The van der Waals surface area contributed by atoms with Gasteiger partial charge in [0.05, 0.1) is 0 Å². The van der Waals surface area contributed by atoms with Gasteiger partial charge in [0.15, 0.2) is 0 Å². The molecule has 4 nitrogen and oxygen atoms in total. The minimum absolute atomic E-state index is 0.0200. The van der Waals surface area contributed by atoms with E-state index in [0.29, 0.717) is 0 Å². The first kappa shape index (κ1) is 21.6. The minimum atomic E-state index is -0.709. The highest BCUT2D eigenvalue weighted by molar-refractivity contribution is 6.16. The Hall–Kier alpha value is -3.66. The Morgan fingerprint density at radius 1 is 0.875 bits per heavy atom. The molecule has 0 unspecified atom stereocenters. The Balaban J connectivity index is 1.82. The number of hydrogen-bond acceptors (Lipinski definition) is 2. The van der Waals surface area contributed by atoms with Crippen molar-refractivity contribution in [3.63, 3.8) is 0 Å². The number of nitrogens with zero attached hydrogens (tertiary/aromatic N) is 2. The highest BCUT2D eigenvalue weighted by Gasteiger charge is 2.42. The topological polar surface area (TPSA) is 40.6 Å². The third-order valence-corrected chi connectivity index (χ3v) is 6.12. The van der Waals surface area contributed by atoms with Gasteiger partial charge in [-0.15, -0.1) is 0 Å². The van der Waals surface area contributed by atoms with Crippen LogP contribution in [0.15, 0.2) is 78.4 Å². The van der Waals surface area contributed by atoms with Crippen molar-refractivity contribution in [3.05, 3.63) is 101 Å². The number of carbonyl (C=O) groups excluding carboxylic acids is 2. The van der Waals surface area contributed by atoms with Crippen LogP contribution in [0.25, 0.3) is 6.08 Å². The Morgan fingerprint density at radius 3 is 2.25 bits per heavy atom. The van der Waals surface area contributed by atoms with Crippen LogP contribution < -0.4 is 9.80 Å². The number of aryl methyl sites for hydroxylation is 2. The van der Waals surface area contributed by atoms with E-state index < -0.39 is 6.04 Å². The molecular formula is C28H28N2O2. The average Bonchev–Trinajstić information content (AvgIpc) is 2.78. The molecule has 4 rings (SSSR count). The van der Waals surface area contributed by atoms with Gasteiger partial charge in [-0.3, -0.25) is 14.5 Å². The zero-order chi connectivity index (χ0) is 22.8. The van der Waals surface area contributed by atoms with Gasteiger partial charge in [-0.1, -0.05) is 66.2 Å². The summed E-state index contributed by atoms with van der Waals surface area (Å²) in [5.74, 6) is -0.191. The molecule has 4 heteroatoms. The maximum Gasteiger partial charge on any atom is 0.254 e. The summed E-state index contributed by atoms with van der Waals surface area (Å²) in [6.45, 7) is 7.97. The van der Waals surface area contributed by atoms with E-state index in [1.54, 1.807) is 9.80 Å². The van der Waals surface area contributed by atoms with E-state index in [0.717, 1.165) is 39.2 Å². The largest absolute Gasteiger partial charge is 0.301 e. The van der Waals surface area contributed by atoms with Crippen molar-refractivity contribution < 1.29 is 9.59 Å². The summed E-state index contributed by atoms with van der Waals surface area (Å²) in [5, 5.41) is 0. The first-order valence-electron chi connectivity index (χ1n) is 10.9. The maximum absolute atomic E-state index is 13.9. The van der Waals surface area contributed by atoms with Crippen molar-refractivity contribution >= 4 is 29.3 Å². The Morgan fingerprint density at radius 2 is 1.56 bits per heavy atom. The maximum atomic E-state index is 13.9. The second-order valence-electron chi connectivity index (χ2n) is 8.44. The molecule has 0 saturated carbocycles. The van der Waals surface area contributed by atoms with E-state index >= 15 is 0 Å². The van der Waals surface area contributed by atoms with Crippen LogP contribution in [0.4, 0.5) is 11.4 Å². The zero-order valence-electron chi connectivity index (χ0n) is 19.0. The van der Waals surface area contributed by atoms with Crippen molar-refractivity contribution in [1.82, 2.24) is 0 Å². The van der Waals surface area contributed by atoms with Gasteiger partial charge in [-0.2, -0.15) is 0 Å². The fourth-order valence-electron chi connectivity index (χ4n) is 4.21. The van der Waals surface area contributed by atoms with Crippen molar-refractivity contribution in [1.29, 1.82) is 0 Å². The molecule has 0 aliphatic carbocycles. The molecule has 32 heavy (non-hydrogen) atoms. The van der Waals surface area contributed by atoms with E-state index in [2.05, 4.69) is 0 Å². The molecule has 0 aromatic heterocycles. The molecule has 1 fully saturated rings. The molecule has 1 aliphatic heterocycles. The summed E-state index contributed by atoms with van der Waals surface area (Å²) < 4.78 is 0. The number of anilines is 2. The van der Waals surface area contributed by atoms with Gasteiger partial charge in [0.1, 0.15) is 12.6 Å². The second kappa shape index (κ2) is 8.83. The summed E-state index contributed by atoms with van der Waals surface area (Å²) in [5.41, 5.74) is 6.57. The van der Waals surface area contributed by atoms with E-state index in [-0.39, 0.29) is 18.4 Å². The van der Waals surface area contributed by atoms with Crippen molar-refractivity contribution in [3.8, 4) is 0 Å². The van der Waals surface area contributed by atoms with Crippen LogP contribution in [-0.4, -0.2) is 24.4 Å². The van der Waals surface area contributed by atoms with Gasteiger partial charge in [-0.05, 0) is 68.2 Å². The highest BCUT2D eigenvalue weighted by atomic mass is 16.2. The quantitative estimate of drug-likeness (QED) is 0.558. The fourth-order valence-corrected chi connectivity index (χ4v) is 4.21. The van der Waals surface area contributed by atoms with E-state index in [9.17, 15) is 9.59 Å². The monoisotopic (exact) mass is 424 g/mol. The molecule has 0 spiro atoms. The number of hydrogen-bond donors (Lipinski definition) is 0. The van der Waals surface area contributed by atoms with Crippen molar-refractivity contribution in [2.75, 3.05) is 16.3 Å². The van der Waals surface area contributed by atoms with Gasteiger partial charge < -0.3 is 4.90 Å². The molecular weight excluding hydrogens is 396 g/mol. The number of rotatable bonds is 4. The van der Waals surface area contributed by atoms with E-state index in [4.69, 9.17) is 0 Å². The summed E-state index contributed by atoms with van der Waals surface area (Å²) >= 11 is 0. The number of amides is 2. The van der Waals surface area contributed by atoms with Crippen LogP contribution in [0.2, 0.25) is 0 Å². The van der Waals surface area contributed by atoms with Crippen molar-refractivity contribution in [2.45, 2.75) is 33.7 Å². The molecule has 1 aliphatic rings. The number of benzene rings is 3. The van der Waals surface area contributed by atoms with E-state index in [1.807, 2.05) is 107 Å². The Labute approximate surface area is 189 Å². The summed E-state index contributed by atoms with van der Waals surface area (Å²) in [4.78, 5) is 30.7. The third kappa shape index (κ3) is 4.09. The van der Waals surface area contributed by atoms with Gasteiger partial charge in [0, 0.05) is 11.4 Å². The standard InChI is InChI=1S/C28H28N2O2/c1-19-13-15-24(16-14-19)30-26(31)18-29(25-12-8-9-20(2)22(25)4)28(32)27(30)21(3)17-23-10-6-5-7-11-23/h5-17,27H,18H2,1-4H3/b21-17-/t27-/m1/s1. The second-order valence-corrected chi connectivity index (χ2v) is 8.44. The molecule has 1 heterocycles. The minimum Gasteiger partial charge on any atom is -0.301 e. The summed E-state index contributed by atoms with van der Waals surface area (Å²) in [6.07, 6.45) is 1.99. The first-order chi connectivity index (χ1) is 15.4. The molecule has 0 radical (unpaired) electrons. The lowest BCUT2D eigenvalue weighted by Gasteiger charge is -2.41. The summed E-state index contributed by atoms with van der Waals surface area (Å²) in [6, 6.07) is 22.8. The van der Waals surface area contributed by atoms with Gasteiger partial charge in [-0.25, -0.2) is 0 Å². The number of piperazine rings is 1. The normalized spacial score (nSPS) is 17.1. The molecule has 162 valence electrons. The Bertz CT molecular complexity index is 1180. The number of carbonyl (C=O) groups is 2. The van der Waals surface area contributed by atoms with Gasteiger partial charge in [0.2, 0.25) is 5.91 Å². The first-order valence-corrected chi connectivity index (χ1v) is 10.9. The lowest BCUT2D eigenvalue weighted by molar-refractivity contribution is -0.127. The SMILES string of the molecule is C/C(=C/c1ccccc1)[C@@H]1C(=O)N(c2cccc(C)c2C)CC(=O)N1c1ccc(C)cc1. The highest BCUT2D eigenvalue weighted by Crippen LogP contribution is 2.32. The molecule has 1 saturated heterocycles. The lowest BCUT2D eigenvalue weighted by atomic mass is 9.97. The van der Waals surface area contributed by atoms with Crippen LogP contribution in [0.5, 0.6) is 0 Å². The van der Waals surface area contributed by atoms with Crippen LogP contribution in [0.3, 0.4) is 0 Å². The van der Waals surface area contributed by atoms with Crippen molar-refractivity contribution in [2.24, 2.45) is 0 Å². The van der Waals surface area contributed by atoms with Crippen LogP contribution >= 0.6 is 0 Å². The molecule has 3 aromatic carbocycles. The predicted octanol–water partition coefficient (Wildman–Crippen LogP) is 5.46. The predicted molar refractivity (Wildman–Crippen MR) is 131 cm³/mol. The lowest BCUT2D eigenvalue weighted by Crippen LogP contribution is -2.61. The molecule has 0 bridgehead atoms. The zero-order valence-corrected chi connectivity index (χ0v) is 19.0. The van der Waals surface area contributed by atoms with Crippen LogP contribution in [-0.2, 0) is 9.59 Å².